The van der Waals surface area contributed by atoms with Gasteiger partial charge in [0.25, 0.3) is 0 Å². The van der Waals surface area contributed by atoms with Crippen LogP contribution < -0.4 is 0 Å². The van der Waals surface area contributed by atoms with E-state index in [-0.39, 0.29) is 23.9 Å². The highest BCUT2D eigenvalue weighted by Crippen LogP contribution is 2.27. The first-order valence-corrected chi connectivity index (χ1v) is 9.98. The Morgan fingerprint density at radius 1 is 1.18 bits per heavy atom. The number of nitrogens with zero attached hydrogens (tertiary/aromatic N) is 3. The molecule has 7 heteroatoms. The molecule has 7 nitrogen and oxygen atoms in total. The molecule has 0 spiro atoms. The smallest absolute Gasteiger partial charge is 0.410 e. The highest BCUT2D eigenvalue weighted by atomic mass is 16.6. The van der Waals surface area contributed by atoms with Gasteiger partial charge in [0.05, 0.1) is 13.0 Å². The first-order chi connectivity index (χ1) is 13.2. The van der Waals surface area contributed by atoms with Gasteiger partial charge >= 0.3 is 12.1 Å². The summed E-state index contributed by atoms with van der Waals surface area (Å²) < 4.78 is 10.2. The standard InChI is InChI=1S/C21H31N3O4/c1-21(2,3)28-20(26)24-13-17(14-24)18-6-5-15(11-22-18)12-23-9-7-16(8-10-23)19(25)27-4/h5-6,11,16-17H,7-10,12-14H2,1-4H3. The Bertz CT molecular complexity index is 685. The van der Waals surface area contributed by atoms with Crippen molar-refractivity contribution in [1.29, 1.82) is 0 Å². The van der Waals surface area contributed by atoms with Crippen molar-refractivity contribution in [3.63, 3.8) is 0 Å². The third kappa shape index (κ3) is 5.22. The molecule has 1 amide bonds. The van der Waals surface area contributed by atoms with Crippen LogP contribution in [-0.2, 0) is 20.8 Å². The van der Waals surface area contributed by atoms with Gasteiger partial charge in [0.2, 0.25) is 0 Å². The minimum atomic E-state index is -0.465. The van der Waals surface area contributed by atoms with Crippen molar-refractivity contribution in [2.24, 2.45) is 5.92 Å². The maximum Gasteiger partial charge on any atom is 0.410 e. The molecule has 0 aromatic carbocycles. The summed E-state index contributed by atoms with van der Waals surface area (Å²) >= 11 is 0. The maximum atomic E-state index is 12.0. The van der Waals surface area contributed by atoms with Crippen LogP contribution in [0.2, 0.25) is 0 Å². The largest absolute Gasteiger partial charge is 0.469 e. The Kier molecular flexibility index (Phi) is 6.23. The number of rotatable bonds is 4. The van der Waals surface area contributed by atoms with E-state index < -0.39 is 5.60 Å². The lowest BCUT2D eigenvalue weighted by atomic mass is 9.95. The molecule has 0 aliphatic carbocycles. The number of esters is 1. The van der Waals surface area contributed by atoms with E-state index in [0.29, 0.717) is 13.1 Å². The van der Waals surface area contributed by atoms with Gasteiger partial charge in [0, 0.05) is 37.4 Å². The second-order valence-electron chi connectivity index (χ2n) is 8.75. The van der Waals surface area contributed by atoms with E-state index in [1.165, 1.54) is 12.7 Å². The zero-order valence-corrected chi connectivity index (χ0v) is 17.3. The molecule has 2 saturated heterocycles. The van der Waals surface area contributed by atoms with Crippen LogP contribution in [0.25, 0.3) is 0 Å². The van der Waals surface area contributed by atoms with Crippen molar-refractivity contribution in [1.82, 2.24) is 14.8 Å². The van der Waals surface area contributed by atoms with Crippen LogP contribution in [0.4, 0.5) is 4.79 Å². The zero-order chi connectivity index (χ0) is 20.3. The number of carbonyl (C=O) groups excluding carboxylic acids is 2. The third-order valence-electron chi connectivity index (χ3n) is 5.33. The molecule has 3 heterocycles. The predicted octanol–water partition coefficient (Wildman–Crippen LogP) is 2.80. The summed E-state index contributed by atoms with van der Waals surface area (Å²) in [6.45, 7) is 9.58. The molecule has 154 valence electrons. The molecule has 28 heavy (non-hydrogen) atoms. The zero-order valence-electron chi connectivity index (χ0n) is 17.3. The molecule has 2 fully saturated rings. The van der Waals surface area contributed by atoms with E-state index >= 15 is 0 Å². The van der Waals surface area contributed by atoms with Gasteiger partial charge in [0.1, 0.15) is 5.60 Å². The van der Waals surface area contributed by atoms with E-state index in [1.807, 2.05) is 27.0 Å². The lowest BCUT2D eigenvalue weighted by Gasteiger charge is -2.39. The Morgan fingerprint density at radius 2 is 1.86 bits per heavy atom. The number of aromatic nitrogens is 1. The van der Waals surface area contributed by atoms with Crippen molar-refractivity contribution in [2.75, 3.05) is 33.3 Å². The summed E-state index contributed by atoms with van der Waals surface area (Å²) in [5.41, 5.74) is 1.73. The van der Waals surface area contributed by atoms with Crippen LogP contribution in [0.1, 0.15) is 50.8 Å². The Labute approximate surface area is 167 Å². The second kappa shape index (κ2) is 8.47. The van der Waals surface area contributed by atoms with Crippen molar-refractivity contribution in [3.05, 3.63) is 29.6 Å². The van der Waals surface area contributed by atoms with Crippen LogP contribution in [-0.4, -0.2) is 65.7 Å². The number of pyridine rings is 1. The number of piperidine rings is 1. The van der Waals surface area contributed by atoms with Crippen molar-refractivity contribution in [2.45, 2.75) is 51.7 Å². The second-order valence-corrected chi connectivity index (χ2v) is 8.75. The Balaban J connectivity index is 1.44. The van der Waals surface area contributed by atoms with Gasteiger partial charge in [-0.1, -0.05) is 6.07 Å². The van der Waals surface area contributed by atoms with Crippen molar-refractivity contribution >= 4 is 12.1 Å². The lowest BCUT2D eigenvalue weighted by molar-refractivity contribution is -0.147. The summed E-state index contributed by atoms with van der Waals surface area (Å²) in [6.07, 6.45) is 3.37. The fraction of sp³-hybridized carbons (Fsp3) is 0.667. The van der Waals surface area contributed by atoms with Crippen LogP contribution in [0.15, 0.2) is 18.3 Å². The van der Waals surface area contributed by atoms with E-state index in [1.54, 1.807) is 4.90 Å². The fourth-order valence-electron chi connectivity index (χ4n) is 3.66. The molecule has 0 saturated carbocycles. The van der Waals surface area contributed by atoms with Gasteiger partial charge in [-0.25, -0.2) is 4.79 Å². The van der Waals surface area contributed by atoms with Crippen LogP contribution in [0.3, 0.4) is 0 Å². The van der Waals surface area contributed by atoms with Gasteiger partial charge < -0.3 is 14.4 Å². The molecule has 2 aliphatic heterocycles. The average molecular weight is 389 g/mol. The average Bonchev–Trinajstić information content (AvgIpc) is 2.60. The SMILES string of the molecule is COC(=O)C1CCN(Cc2ccc(C3CN(C(=O)OC(C)(C)C)C3)nc2)CC1. The quantitative estimate of drug-likeness (QED) is 0.738. The number of hydrogen-bond donors (Lipinski definition) is 0. The summed E-state index contributed by atoms with van der Waals surface area (Å²) in [4.78, 5) is 32.3. The molecule has 0 bridgehead atoms. The summed E-state index contributed by atoms with van der Waals surface area (Å²) in [7, 11) is 1.46. The van der Waals surface area contributed by atoms with Crippen LogP contribution in [0, 0.1) is 5.92 Å². The third-order valence-corrected chi connectivity index (χ3v) is 5.33. The number of ether oxygens (including phenoxy) is 2. The van der Waals surface area contributed by atoms with E-state index in [4.69, 9.17) is 9.47 Å². The molecule has 0 radical (unpaired) electrons. The fourth-order valence-corrected chi connectivity index (χ4v) is 3.66. The molecule has 1 aromatic rings. The van der Waals surface area contributed by atoms with E-state index in [0.717, 1.165) is 38.2 Å². The predicted molar refractivity (Wildman–Crippen MR) is 105 cm³/mol. The Hall–Kier alpha value is -2.15. The van der Waals surface area contributed by atoms with Crippen molar-refractivity contribution in [3.8, 4) is 0 Å². The molecular formula is C21H31N3O4. The molecule has 2 aliphatic rings. The molecular weight excluding hydrogens is 358 g/mol. The molecule has 0 N–H and O–H groups in total. The molecule has 0 atom stereocenters. The minimum Gasteiger partial charge on any atom is -0.469 e. The number of methoxy groups -OCH3 is 1. The van der Waals surface area contributed by atoms with Gasteiger partial charge in [0.15, 0.2) is 0 Å². The Morgan fingerprint density at radius 3 is 2.39 bits per heavy atom. The molecule has 0 unspecified atom stereocenters. The number of hydrogen-bond acceptors (Lipinski definition) is 6. The van der Waals surface area contributed by atoms with E-state index in [9.17, 15) is 9.59 Å². The number of amides is 1. The highest BCUT2D eigenvalue weighted by molar-refractivity contribution is 5.72. The molecule has 1 aromatic heterocycles. The van der Waals surface area contributed by atoms with Gasteiger partial charge in [-0.2, -0.15) is 0 Å². The van der Waals surface area contributed by atoms with Gasteiger partial charge in [-0.3, -0.25) is 14.7 Å². The normalized spacial score (nSPS) is 19.2. The molecule has 3 rings (SSSR count). The van der Waals surface area contributed by atoms with Gasteiger partial charge in [-0.05, 0) is 58.3 Å². The maximum absolute atomic E-state index is 12.0. The summed E-state index contributed by atoms with van der Waals surface area (Å²) in [5.74, 6) is 0.220. The van der Waals surface area contributed by atoms with Crippen molar-refractivity contribution < 1.29 is 19.1 Å². The van der Waals surface area contributed by atoms with Gasteiger partial charge in [-0.15, -0.1) is 0 Å². The van der Waals surface area contributed by atoms with E-state index in [2.05, 4.69) is 22.0 Å². The topological polar surface area (TPSA) is 72.0 Å². The highest BCUT2D eigenvalue weighted by Gasteiger charge is 2.35. The summed E-state index contributed by atoms with van der Waals surface area (Å²) in [5, 5.41) is 0. The number of likely N-dealkylation sites (tertiary alicyclic amines) is 2. The summed E-state index contributed by atoms with van der Waals surface area (Å²) in [6, 6.07) is 4.18. The van der Waals surface area contributed by atoms with Crippen LogP contribution >= 0.6 is 0 Å². The first-order valence-electron chi connectivity index (χ1n) is 9.98. The lowest BCUT2D eigenvalue weighted by Crippen LogP contribution is -2.50. The first kappa shape index (κ1) is 20.6. The monoisotopic (exact) mass is 389 g/mol. The number of carbonyl (C=O) groups is 2. The van der Waals surface area contributed by atoms with Crippen LogP contribution in [0.5, 0.6) is 0 Å². The minimum absolute atomic E-state index is 0.0355.